The SMILES string of the molecule is COCCOc1cccc(NCc2cc(Br)c(C)s2)c1. The fourth-order valence-electron chi connectivity index (χ4n) is 1.73. The van der Waals surface area contributed by atoms with Gasteiger partial charge in [0.25, 0.3) is 0 Å². The van der Waals surface area contributed by atoms with E-state index in [0.717, 1.165) is 18.0 Å². The molecule has 0 amide bonds. The number of anilines is 1. The van der Waals surface area contributed by atoms with Gasteiger partial charge in [0.2, 0.25) is 0 Å². The van der Waals surface area contributed by atoms with Crippen molar-refractivity contribution in [3.63, 3.8) is 0 Å². The zero-order valence-corrected chi connectivity index (χ0v) is 14.0. The van der Waals surface area contributed by atoms with Gasteiger partial charge in [-0.25, -0.2) is 0 Å². The smallest absolute Gasteiger partial charge is 0.121 e. The van der Waals surface area contributed by atoms with Crippen molar-refractivity contribution in [3.8, 4) is 5.75 Å². The topological polar surface area (TPSA) is 30.5 Å². The van der Waals surface area contributed by atoms with E-state index in [0.29, 0.717) is 13.2 Å². The van der Waals surface area contributed by atoms with E-state index < -0.39 is 0 Å². The summed E-state index contributed by atoms with van der Waals surface area (Å²) in [5.41, 5.74) is 1.06. The molecule has 2 aromatic rings. The Labute approximate surface area is 132 Å². The first kappa shape index (κ1) is 15.4. The number of aryl methyl sites for hydroxylation is 1. The second-order valence-electron chi connectivity index (χ2n) is 4.34. The van der Waals surface area contributed by atoms with E-state index in [1.54, 1.807) is 18.4 Å². The quantitative estimate of drug-likeness (QED) is 0.744. The monoisotopic (exact) mass is 355 g/mol. The lowest BCUT2D eigenvalue weighted by Gasteiger charge is -2.09. The lowest BCUT2D eigenvalue weighted by atomic mass is 10.3. The van der Waals surface area contributed by atoms with Crippen LogP contribution in [0.25, 0.3) is 0 Å². The summed E-state index contributed by atoms with van der Waals surface area (Å²) in [5.74, 6) is 0.857. The summed E-state index contributed by atoms with van der Waals surface area (Å²) in [4.78, 5) is 2.61. The van der Waals surface area contributed by atoms with Gasteiger partial charge in [0.05, 0.1) is 6.61 Å². The third-order valence-corrected chi connectivity index (χ3v) is 4.90. The molecule has 1 aromatic heterocycles. The van der Waals surface area contributed by atoms with Crippen LogP contribution in [0.15, 0.2) is 34.8 Å². The average molecular weight is 356 g/mol. The number of hydrogen-bond acceptors (Lipinski definition) is 4. The third kappa shape index (κ3) is 4.51. The molecule has 20 heavy (non-hydrogen) atoms. The van der Waals surface area contributed by atoms with Crippen LogP contribution in [0.2, 0.25) is 0 Å². The van der Waals surface area contributed by atoms with Crippen molar-refractivity contribution < 1.29 is 9.47 Å². The first-order valence-electron chi connectivity index (χ1n) is 6.39. The van der Waals surface area contributed by atoms with Gasteiger partial charge in [0.15, 0.2) is 0 Å². The van der Waals surface area contributed by atoms with E-state index in [1.165, 1.54) is 14.2 Å². The van der Waals surface area contributed by atoms with Gasteiger partial charge in [-0.15, -0.1) is 11.3 Å². The third-order valence-electron chi connectivity index (χ3n) is 2.77. The molecule has 0 aliphatic heterocycles. The zero-order chi connectivity index (χ0) is 14.4. The summed E-state index contributed by atoms with van der Waals surface area (Å²) in [6, 6.07) is 10.1. The molecule has 0 spiro atoms. The molecule has 0 aliphatic rings. The first-order chi connectivity index (χ1) is 9.69. The zero-order valence-electron chi connectivity index (χ0n) is 11.6. The van der Waals surface area contributed by atoms with Crippen molar-refractivity contribution in [1.82, 2.24) is 0 Å². The van der Waals surface area contributed by atoms with E-state index in [-0.39, 0.29) is 0 Å². The molecule has 0 saturated carbocycles. The number of nitrogens with one attached hydrogen (secondary N) is 1. The largest absolute Gasteiger partial charge is 0.491 e. The Morgan fingerprint density at radius 3 is 2.80 bits per heavy atom. The second-order valence-corrected chi connectivity index (χ2v) is 6.53. The maximum Gasteiger partial charge on any atom is 0.121 e. The second kappa shape index (κ2) is 7.67. The minimum atomic E-state index is 0.566. The van der Waals surface area contributed by atoms with Crippen molar-refractivity contribution in [2.24, 2.45) is 0 Å². The van der Waals surface area contributed by atoms with Crippen molar-refractivity contribution in [2.45, 2.75) is 13.5 Å². The van der Waals surface area contributed by atoms with Gasteiger partial charge in [0.1, 0.15) is 12.4 Å². The lowest BCUT2D eigenvalue weighted by molar-refractivity contribution is 0.146. The predicted octanol–water partition coefficient (Wildman–Crippen LogP) is 4.46. The normalized spacial score (nSPS) is 10.6. The number of halogens is 1. The Kier molecular flexibility index (Phi) is 5.88. The van der Waals surface area contributed by atoms with Crippen LogP contribution in [0.3, 0.4) is 0 Å². The van der Waals surface area contributed by atoms with Crippen LogP contribution in [0.4, 0.5) is 5.69 Å². The average Bonchev–Trinajstić information content (AvgIpc) is 2.76. The maximum atomic E-state index is 5.59. The van der Waals surface area contributed by atoms with Crippen molar-refractivity contribution in [2.75, 3.05) is 25.6 Å². The predicted molar refractivity (Wildman–Crippen MR) is 87.9 cm³/mol. The van der Waals surface area contributed by atoms with E-state index in [9.17, 15) is 0 Å². The van der Waals surface area contributed by atoms with Crippen LogP contribution in [-0.2, 0) is 11.3 Å². The molecule has 0 unspecified atom stereocenters. The standard InChI is InChI=1S/C15H18BrNO2S/c1-11-15(16)9-14(20-11)10-17-12-4-3-5-13(8-12)19-7-6-18-2/h3-5,8-9,17H,6-7,10H2,1-2H3. The highest BCUT2D eigenvalue weighted by Crippen LogP contribution is 2.27. The molecular formula is C15H18BrNO2S. The molecule has 3 nitrogen and oxygen atoms in total. The highest BCUT2D eigenvalue weighted by molar-refractivity contribution is 9.10. The van der Waals surface area contributed by atoms with Crippen molar-refractivity contribution in [1.29, 1.82) is 0 Å². The maximum absolute atomic E-state index is 5.59. The molecule has 1 N–H and O–H groups in total. The van der Waals surface area contributed by atoms with Crippen molar-refractivity contribution >= 4 is 33.0 Å². The highest BCUT2D eigenvalue weighted by atomic mass is 79.9. The molecule has 0 saturated heterocycles. The molecule has 0 fully saturated rings. The molecule has 0 bridgehead atoms. The van der Waals surface area contributed by atoms with Crippen LogP contribution in [0.5, 0.6) is 5.75 Å². The van der Waals surface area contributed by atoms with E-state index in [1.807, 2.05) is 24.3 Å². The molecule has 1 heterocycles. The molecule has 2 rings (SSSR count). The van der Waals surface area contributed by atoms with Crippen LogP contribution < -0.4 is 10.1 Å². The summed E-state index contributed by atoms with van der Waals surface area (Å²) in [5, 5.41) is 3.41. The summed E-state index contributed by atoms with van der Waals surface area (Å²) < 4.78 is 11.7. The van der Waals surface area contributed by atoms with E-state index in [4.69, 9.17) is 9.47 Å². The van der Waals surface area contributed by atoms with Gasteiger partial charge >= 0.3 is 0 Å². The van der Waals surface area contributed by atoms with E-state index in [2.05, 4.69) is 34.2 Å². The number of ether oxygens (including phenoxy) is 2. The Bertz CT molecular complexity index is 537. The van der Waals surface area contributed by atoms with Crippen LogP contribution >= 0.6 is 27.3 Å². The fraction of sp³-hybridized carbons (Fsp3) is 0.333. The van der Waals surface area contributed by atoms with Crippen LogP contribution in [0, 0.1) is 6.92 Å². The molecule has 5 heteroatoms. The summed E-state index contributed by atoms with van der Waals surface area (Å²) >= 11 is 5.34. The van der Waals surface area contributed by atoms with Crippen LogP contribution in [-0.4, -0.2) is 20.3 Å². The van der Waals surface area contributed by atoms with E-state index >= 15 is 0 Å². The van der Waals surface area contributed by atoms with Gasteiger partial charge in [-0.2, -0.15) is 0 Å². The number of methoxy groups -OCH3 is 1. The first-order valence-corrected chi connectivity index (χ1v) is 8.00. The van der Waals surface area contributed by atoms with Gasteiger partial charge in [-0.1, -0.05) is 6.07 Å². The number of benzene rings is 1. The molecular weight excluding hydrogens is 338 g/mol. The minimum absolute atomic E-state index is 0.566. The Balaban J connectivity index is 1.90. The minimum Gasteiger partial charge on any atom is -0.491 e. The van der Waals surface area contributed by atoms with Crippen molar-refractivity contribution in [3.05, 3.63) is 44.6 Å². The summed E-state index contributed by atoms with van der Waals surface area (Å²) in [6.07, 6.45) is 0. The molecule has 0 aliphatic carbocycles. The summed E-state index contributed by atoms with van der Waals surface area (Å²) in [6.45, 7) is 4.10. The number of rotatable bonds is 7. The van der Waals surface area contributed by atoms with Gasteiger partial charge in [-0.3, -0.25) is 0 Å². The number of hydrogen-bond donors (Lipinski definition) is 1. The molecule has 0 radical (unpaired) electrons. The Morgan fingerprint density at radius 1 is 1.25 bits per heavy atom. The summed E-state index contributed by atoms with van der Waals surface area (Å²) in [7, 11) is 1.67. The fourth-order valence-corrected chi connectivity index (χ4v) is 3.27. The van der Waals surface area contributed by atoms with Gasteiger partial charge in [0, 0.05) is 39.6 Å². The highest BCUT2D eigenvalue weighted by Gasteiger charge is 2.03. The van der Waals surface area contributed by atoms with Crippen LogP contribution in [0.1, 0.15) is 9.75 Å². The van der Waals surface area contributed by atoms with Gasteiger partial charge in [-0.05, 0) is 41.1 Å². The Morgan fingerprint density at radius 2 is 2.10 bits per heavy atom. The van der Waals surface area contributed by atoms with Gasteiger partial charge < -0.3 is 14.8 Å². The molecule has 1 aromatic carbocycles. The molecule has 108 valence electrons. The molecule has 0 atom stereocenters. The lowest BCUT2D eigenvalue weighted by Crippen LogP contribution is -2.04. The Hall–Kier alpha value is -1.04. The number of thiophene rings is 1.